The predicted molar refractivity (Wildman–Crippen MR) is 99.0 cm³/mol. The molecule has 3 saturated heterocycles. The Bertz CT molecular complexity index is 650. The highest BCUT2D eigenvalue weighted by Crippen LogP contribution is 2.42. The summed E-state index contributed by atoms with van der Waals surface area (Å²) >= 11 is 0. The maximum atomic E-state index is 11.7. The van der Waals surface area contributed by atoms with E-state index >= 15 is 0 Å². The van der Waals surface area contributed by atoms with E-state index in [-0.39, 0.29) is 5.92 Å². The molecule has 134 valence electrons. The van der Waals surface area contributed by atoms with Crippen LogP contribution in [0.3, 0.4) is 0 Å². The van der Waals surface area contributed by atoms with Crippen molar-refractivity contribution in [2.24, 2.45) is 11.8 Å². The molecule has 2 atom stereocenters. The lowest BCUT2D eigenvalue weighted by Gasteiger charge is -2.50. The molecule has 3 heteroatoms. The lowest BCUT2D eigenvalue weighted by Crippen LogP contribution is -2.59. The van der Waals surface area contributed by atoms with Gasteiger partial charge < -0.3 is 9.84 Å². The lowest BCUT2D eigenvalue weighted by atomic mass is 9.74. The number of rotatable bonds is 3. The van der Waals surface area contributed by atoms with Gasteiger partial charge in [-0.3, -0.25) is 4.90 Å². The van der Waals surface area contributed by atoms with Crippen LogP contribution in [0.5, 0.6) is 0 Å². The molecule has 4 aliphatic rings. The zero-order valence-electron chi connectivity index (χ0n) is 15.2. The number of fused-ring (bicyclic) bond motifs is 3. The summed E-state index contributed by atoms with van der Waals surface area (Å²) < 4.78 is 5.98. The van der Waals surface area contributed by atoms with Gasteiger partial charge in [0.2, 0.25) is 0 Å². The molecule has 0 aromatic heterocycles. The van der Waals surface area contributed by atoms with Gasteiger partial charge in [-0.1, -0.05) is 55.0 Å². The molecule has 1 aromatic rings. The van der Waals surface area contributed by atoms with Gasteiger partial charge in [-0.05, 0) is 44.3 Å². The third-order valence-corrected chi connectivity index (χ3v) is 6.69. The number of benzene rings is 1. The highest BCUT2D eigenvalue weighted by Gasteiger charge is 2.47. The predicted octanol–water partition coefficient (Wildman–Crippen LogP) is 3.18. The monoisotopic (exact) mass is 339 g/mol. The van der Waals surface area contributed by atoms with Crippen LogP contribution in [0, 0.1) is 23.7 Å². The summed E-state index contributed by atoms with van der Waals surface area (Å²) in [6.07, 6.45) is 6.78. The van der Waals surface area contributed by atoms with Crippen molar-refractivity contribution in [3.8, 4) is 11.8 Å². The summed E-state index contributed by atoms with van der Waals surface area (Å²) in [6, 6.07) is 10.0. The molecule has 3 heterocycles. The topological polar surface area (TPSA) is 32.7 Å². The molecular formula is C22H29NO2. The average molecular weight is 339 g/mol. The van der Waals surface area contributed by atoms with E-state index in [0.717, 1.165) is 50.9 Å². The van der Waals surface area contributed by atoms with Gasteiger partial charge in [0, 0.05) is 25.5 Å². The van der Waals surface area contributed by atoms with Crippen LogP contribution in [-0.2, 0) is 10.3 Å². The fourth-order valence-electron chi connectivity index (χ4n) is 5.09. The van der Waals surface area contributed by atoms with Crippen LogP contribution < -0.4 is 0 Å². The van der Waals surface area contributed by atoms with Crippen molar-refractivity contribution >= 4 is 0 Å². The van der Waals surface area contributed by atoms with Crippen molar-refractivity contribution in [1.82, 2.24) is 4.90 Å². The summed E-state index contributed by atoms with van der Waals surface area (Å²) in [6.45, 7) is 3.18. The first-order valence-corrected chi connectivity index (χ1v) is 9.76. The molecular weight excluding hydrogens is 310 g/mol. The smallest absolute Gasteiger partial charge is 0.153 e. The van der Waals surface area contributed by atoms with Crippen molar-refractivity contribution in [3.05, 3.63) is 35.9 Å². The molecule has 0 amide bonds. The number of hydrogen-bond acceptors (Lipinski definition) is 3. The molecule has 1 N–H and O–H groups in total. The number of piperidine rings is 3. The van der Waals surface area contributed by atoms with Gasteiger partial charge in [-0.25, -0.2) is 0 Å². The molecule has 1 aliphatic carbocycles. The van der Waals surface area contributed by atoms with Crippen LogP contribution in [0.25, 0.3) is 0 Å². The third-order valence-electron chi connectivity index (χ3n) is 6.69. The molecule has 3 aliphatic heterocycles. The second-order valence-corrected chi connectivity index (χ2v) is 8.01. The van der Waals surface area contributed by atoms with Crippen LogP contribution in [0.4, 0.5) is 0 Å². The van der Waals surface area contributed by atoms with Gasteiger partial charge in [0.25, 0.3) is 0 Å². The van der Waals surface area contributed by atoms with Crippen molar-refractivity contribution < 1.29 is 9.84 Å². The summed E-state index contributed by atoms with van der Waals surface area (Å²) in [4.78, 5) is 2.45. The Morgan fingerprint density at radius 3 is 2.36 bits per heavy atom. The molecule has 3 nitrogen and oxygen atoms in total. The maximum Gasteiger partial charge on any atom is 0.153 e. The third kappa shape index (κ3) is 3.01. The number of nitrogens with zero attached hydrogens (tertiary/aromatic N) is 1. The Balaban J connectivity index is 1.71. The summed E-state index contributed by atoms with van der Waals surface area (Å²) in [7, 11) is 1.79. The minimum atomic E-state index is -1.06. The van der Waals surface area contributed by atoms with Gasteiger partial charge in [-0.15, -0.1) is 0 Å². The van der Waals surface area contributed by atoms with Crippen molar-refractivity contribution in [2.45, 2.75) is 49.7 Å². The van der Waals surface area contributed by atoms with E-state index in [1.165, 1.54) is 12.8 Å². The van der Waals surface area contributed by atoms with E-state index in [9.17, 15) is 5.11 Å². The zero-order chi connectivity index (χ0) is 17.3. The second-order valence-electron chi connectivity index (χ2n) is 8.01. The largest absolute Gasteiger partial charge is 0.373 e. The van der Waals surface area contributed by atoms with E-state index in [1.807, 2.05) is 30.3 Å². The summed E-state index contributed by atoms with van der Waals surface area (Å²) in [5, 5.41) is 11.7. The molecule has 5 rings (SSSR count). The minimum absolute atomic E-state index is 0.220. The first kappa shape index (κ1) is 17.1. The fourth-order valence-corrected chi connectivity index (χ4v) is 5.09. The molecule has 0 spiro atoms. The maximum absolute atomic E-state index is 11.7. The first-order chi connectivity index (χ1) is 12.2. The number of ether oxygens (including phenoxy) is 1. The number of hydrogen-bond donors (Lipinski definition) is 1. The van der Waals surface area contributed by atoms with E-state index in [4.69, 9.17) is 4.74 Å². The van der Waals surface area contributed by atoms with Gasteiger partial charge in [0.05, 0.1) is 0 Å². The minimum Gasteiger partial charge on any atom is -0.373 e. The van der Waals surface area contributed by atoms with Gasteiger partial charge in [0.15, 0.2) is 5.60 Å². The zero-order valence-corrected chi connectivity index (χ0v) is 15.2. The molecule has 25 heavy (non-hydrogen) atoms. The fraction of sp³-hybridized carbons (Fsp3) is 0.636. The van der Waals surface area contributed by atoms with Crippen molar-refractivity contribution in [2.75, 3.05) is 26.7 Å². The van der Waals surface area contributed by atoms with Crippen LogP contribution in [-0.4, -0.2) is 42.4 Å². The first-order valence-electron chi connectivity index (χ1n) is 9.76. The van der Waals surface area contributed by atoms with E-state index in [2.05, 4.69) is 16.7 Å². The highest BCUT2D eigenvalue weighted by molar-refractivity contribution is 5.36. The second kappa shape index (κ2) is 6.76. The Labute approximate surface area is 151 Å². The Kier molecular flexibility index (Phi) is 4.62. The highest BCUT2D eigenvalue weighted by atomic mass is 16.5. The average Bonchev–Trinajstić information content (AvgIpc) is 3.23. The van der Waals surface area contributed by atoms with Gasteiger partial charge in [0.1, 0.15) is 5.60 Å². The van der Waals surface area contributed by atoms with E-state index in [0.29, 0.717) is 5.92 Å². The SMILES string of the molecule is CO[C@]1(C#CC(O)(c2ccccc2)C2CCCC2)CN2CCC1CC2. The van der Waals surface area contributed by atoms with E-state index < -0.39 is 11.2 Å². The lowest BCUT2D eigenvalue weighted by molar-refractivity contribution is -0.0967. The molecule has 1 saturated carbocycles. The van der Waals surface area contributed by atoms with E-state index in [1.54, 1.807) is 7.11 Å². The standard InChI is InChI=1S/C22H29NO2/c1-25-21(17-23-15-11-18(21)12-16-23)13-14-22(24,20-9-5-6-10-20)19-7-3-2-4-8-19/h2-4,7-8,18,20,24H,5-6,9-12,15-17H2,1H3/t21-,22?/m1/s1. The van der Waals surface area contributed by atoms with Crippen molar-refractivity contribution in [3.63, 3.8) is 0 Å². The molecule has 2 bridgehead atoms. The van der Waals surface area contributed by atoms with Crippen molar-refractivity contribution in [1.29, 1.82) is 0 Å². The van der Waals surface area contributed by atoms with Crippen LogP contribution in [0.2, 0.25) is 0 Å². The molecule has 1 unspecified atom stereocenters. The van der Waals surface area contributed by atoms with Crippen LogP contribution in [0.1, 0.15) is 44.1 Å². The summed E-state index contributed by atoms with van der Waals surface area (Å²) in [5.74, 6) is 7.53. The number of methoxy groups -OCH3 is 1. The molecule has 1 aromatic carbocycles. The molecule has 4 fully saturated rings. The Morgan fingerprint density at radius 2 is 1.80 bits per heavy atom. The normalized spacial score (nSPS) is 34.3. The number of aliphatic hydroxyl groups is 1. The Hall–Kier alpha value is -1.34. The quantitative estimate of drug-likeness (QED) is 0.859. The Morgan fingerprint density at radius 1 is 1.12 bits per heavy atom. The molecule has 0 radical (unpaired) electrons. The van der Waals surface area contributed by atoms with Gasteiger partial charge >= 0.3 is 0 Å². The van der Waals surface area contributed by atoms with Crippen LogP contribution >= 0.6 is 0 Å². The van der Waals surface area contributed by atoms with Gasteiger partial charge in [-0.2, -0.15) is 0 Å². The summed E-state index contributed by atoms with van der Waals surface area (Å²) in [5.41, 5.74) is -0.547. The van der Waals surface area contributed by atoms with Crippen LogP contribution in [0.15, 0.2) is 30.3 Å².